The molecule has 0 unspecified atom stereocenters. The summed E-state index contributed by atoms with van der Waals surface area (Å²) in [6, 6.07) is 5.55. The van der Waals surface area contributed by atoms with E-state index in [2.05, 4.69) is 4.74 Å². The van der Waals surface area contributed by atoms with Crippen molar-refractivity contribution in [3.05, 3.63) is 34.9 Å². The lowest BCUT2D eigenvalue weighted by atomic mass is 9.95. The highest BCUT2D eigenvalue weighted by molar-refractivity contribution is 5.91. The quantitative estimate of drug-likeness (QED) is 0.741. The summed E-state index contributed by atoms with van der Waals surface area (Å²) in [4.78, 5) is 23.2. The van der Waals surface area contributed by atoms with Crippen molar-refractivity contribution in [2.24, 2.45) is 0 Å². The molecule has 0 aliphatic rings. The number of hydrogen-bond donors (Lipinski definition) is 0. The van der Waals surface area contributed by atoms with Crippen LogP contribution in [0.3, 0.4) is 0 Å². The maximum atomic E-state index is 11.9. The Labute approximate surface area is 113 Å². The highest BCUT2D eigenvalue weighted by Crippen LogP contribution is 2.19. The number of ether oxygens (including phenoxy) is 2. The van der Waals surface area contributed by atoms with E-state index in [1.54, 1.807) is 13.0 Å². The van der Waals surface area contributed by atoms with Crippen LogP contribution in [0.5, 0.6) is 0 Å². The lowest BCUT2D eigenvalue weighted by Crippen LogP contribution is -2.12. The molecule has 4 nitrogen and oxygen atoms in total. The van der Waals surface area contributed by atoms with Crippen LogP contribution in [0.25, 0.3) is 0 Å². The van der Waals surface area contributed by atoms with E-state index in [1.165, 1.54) is 7.11 Å². The van der Waals surface area contributed by atoms with Crippen LogP contribution in [0.15, 0.2) is 18.2 Å². The molecule has 0 spiro atoms. The molecule has 0 N–H and O–H groups in total. The van der Waals surface area contributed by atoms with E-state index < -0.39 is 0 Å². The Morgan fingerprint density at radius 3 is 2.53 bits per heavy atom. The summed E-state index contributed by atoms with van der Waals surface area (Å²) >= 11 is 0. The zero-order valence-corrected chi connectivity index (χ0v) is 11.7. The van der Waals surface area contributed by atoms with Crippen LogP contribution >= 0.6 is 0 Å². The average Bonchev–Trinajstić information content (AvgIpc) is 2.44. The molecule has 0 fully saturated rings. The molecule has 1 aromatic rings. The Morgan fingerprint density at radius 1 is 1.21 bits per heavy atom. The molecule has 0 amide bonds. The molecule has 0 saturated carbocycles. The smallest absolute Gasteiger partial charge is 0.338 e. The second-order valence-corrected chi connectivity index (χ2v) is 4.09. The molecular weight excluding hydrogens is 244 g/mol. The van der Waals surface area contributed by atoms with Crippen molar-refractivity contribution in [2.45, 2.75) is 33.1 Å². The van der Waals surface area contributed by atoms with Gasteiger partial charge in [-0.05, 0) is 37.0 Å². The summed E-state index contributed by atoms with van der Waals surface area (Å²) < 4.78 is 9.68. The van der Waals surface area contributed by atoms with Crippen molar-refractivity contribution in [3.63, 3.8) is 0 Å². The number of carbonyl (C=O) groups excluding carboxylic acids is 2. The molecule has 1 rings (SSSR count). The van der Waals surface area contributed by atoms with Crippen LogP contribution in [0.1, 0.15) is 41.8 Å². The number of rotatable bonds is 6. The molecule has 1 aromatic carbocycles. The highest BCUT2D eigenvalue weighted by Gasteiger charge is 2.16. The first-order chi connectivity index (χ1) is 9.13. The fourth-order valence-corrected chi connectivity index (χ4v) is 1.99. The lowest BCUT2D eigenvalue weighted by molar-refractivity contribution is -0.140. The van der Waals surface area contributed by atoms with Gasteiger partial charge in [0.2, 0.25) is 0 Å². The Morgan fingerprint density at radius 2 is 1.95 bits per heavy atom. The summed E-state index contributed by atoms with van der Waals surface area (Å²) in [5.41, 5.74) is 2.49. The van der Waals surface area contributed by atoms with Gasteiger partial charge in [0.25, 0.3) is 0 Å². The second-order valence-electron chi connectivity index (χ2n) is 4.09. The number of carbonyl (C=O) groups is 2. The summed E-state index contributed by atoms with van der Waals surface area (Å²) in [7, 11) is 1.36. The topological polar surface area (TPSA) is 52.6 Å². The minimum Gasteiger partial charge on any atom is -0.469 e. The molecule has 19 heavy (non-hydrogen) atoms. The van der Waals surface area contributed by atoms with Crippen LogP contribution in [0.2, 0.25) is 0 Å². The first kappa shape index (κ1) is 15.2. The normalized spacial score (nSPS) is 10.1. The van der Waals surface area contributed by atoms with Gasteiger partial charge in [0, 0.05) is 6.42 Å². The number of aryl methyl sites for hydroxylation is 1. The Kier molecular flexibility index (Phi) is 6.06. The van der Waals surface area contributed by atoms with Crippen LogP contribution in [0, 0.1) is 0 Å². The van der Waals surface area contributed by atoms with Crippen molar-refractivity contribution < 1.29 is 19.1 Å². The van der Waals surface area contributed by atoms with E-state index >= 15 is 0 Å². The van der Waals surface area contributed by atoms with Gasteiger partial charge in [0.15, 0.2) is 0 Å². The molecule has 0 aliphatic carbocycles. The van der Waals surface area contributed by atoms with Gasteiger partial charge >= 0.3 is 11.9 Å². The van der Waals surface area contributed by atoms with E-state index in [0.29, 0.717) is 18.6 Å². The van der Waals surface area contributed by atoms with Gasteiger partial charge < -0.3 is 9.47 Å². The minimum absolute atomic E-state index is 0.264. The van der Waals surface area contributed by atoms with Gasteiger partial charge in [0.1, 0.15) is 0 Å². The van der Waals surface area contributed by atoms with Crippen molar-refractivity contribution in [1.29, 1.82) is 0 Å². The Balaban J connectivity index is 3.02. The van der Waals surface area contributed by atoms with Crippen LogP contribution < -0.4 is 0 Å². The average molecular weight is 264 g/mol. The third kappa shape index (κ3) is 4.09. The molecule has 0 aromatic heterocycles. The summed E-state index contributed by atoms with van der Waals surface area (Å²) in [5.74, 6) is -0.613. The Bertz CT molecular complexity index is 451. The van der Waals surface area contributed by atoms with Crippen molar-refractivity contribution in [1.82, 2.24) is 0 Å². The van der Waals surface area contributed by atoms with Crippen molar-refractivity contribution in [2.75, 3.05) is 13.7 Å². The van der Waals surface area contributed by atoms with Crippen LogP contribution in [-0.2, 0) is 27.1 Å². The lowest BCUT2D eigenvalue weighted by Gasteiger charge is -2.12. The fourth-order valence-electron chi connectivity index (χ4n) is 1.99. The predicted octanol–water partition coefficient (Wildman–Crippen LogP) is 2.53. The first-order valence-corrected chi connectivity index (χ1v) is 6.48. The second kappa shape index (κ2) is 7.56. The van der Waals surface area contributed by atoms with Crippen LogP contribution in [0.4, 0.5) is 0 Å². The fraction of sp³-hybridized carbons (Fsp3) is 0.467. The van der Waals surface area contributed by atoms with Gasteiger partial charge in [0.05, 0.1) is 19.3 Å². The third-order valence-electron chi connectivity index (χ3n) is 2.96. The van der Waals surface area contributed by atoms with E-state index in [9.17, 15) is 9.59 Å². The molecular formula is C15H20O4. The molecule has 0 atom stereocenters. The van der Waals surface area contributed by atoms with Gasteiger partial charge in [-0.3, -0.25) is 4.79 Å². The van der Waals surface area contributed by atoms with E-state index in [0.717, 1.165) is 17.5 Å². The molecule has 0 saturated heterocycles. The standard InChI is InChI=1S/C15H20O4/c1-4-11-7-6-8-13(15(17)19-5-2)12(11)9-10-14(16)18-3/h6-8H,4-5,9-10H2,1-3H3. The largest absolute Gasteiger partial charge is 0.469 e. The predicted molar refractivity (Wildman–Crippen MR) is 72.1 cm³/mol. The number of hydrogen-bond acceptors (Lipinski definition) is 4. The zero-order chi connectivity index (χ0) is 14.3. The maximum Gasteiger partial charge on any atom is 0.338 e. The molecule has 4 heteroatoms. The van der Waals surface area contributed by atoms with Gasteiger partial charge in [-0.1, -0.05) is 19.1 Å². The third-order valence-corrected chi connectivity index (χ3v) is 2.96. The van der Waals surface area contributed by atoms with Gasteiger partial charge in [-0.15, -0.1) is 0 Å². The summed E-state index contributed by atoms with van der Waals surface area (Å²) in [5, 5.41) is 0. The molecule has 0 aliphatic heterocycles. The van der Waals surface area contributed by atoms with E-state index in [-0.39, 0.29) is 18.4 Å². The van der Waals surface area contributed by atoms with Crippen LogP contribution in [-0.4, -0.2) is 25.7 Å². The number of methoxy groups -OCH3 is 1. The van der Waals surface area contributed by atoms with Gasteiger partial charge in [-0.2, -0.15) is 0 Å². The molecule has 104 valence electrons. The van der Waals surface area contributed by atoms with Crippen molar-refractivity contribution >= 4 is 11.9 Å². The number of esters is 2. The zero-order valence-electron chi connectivity index (χ0n) is 11.7. The summed E-state index contributed by atoms with van der Waals surface area (Å²) in [6.07, 6.45) is 1.56. The Hall–Kier alpha value is -1.84. The molecule has 0 radical (unpaired) electrons. The minimum atomic E-state index is -0.335. The molecule has 0 heterocycles. The molecule has 0 bridgehead atoms. The van der Waals surface area contributed by atoms with Gasteiger partial charge in [-0.25, -0.2) is 4.79 Å². The SMILES string of the molecule is CCOC(=O)c1cccc(CC)c1CCC(=O)OC. The highest BCUT2D eigenvalue weighted by atomic mass is 16.5. The van der Waals surface area contributed by atoms with Crippen molar-refractivity contribution in [3.8, 4) is 0 Å². The number of benzene rings is 1. The maximum absolute atomic E-state index is 11.9. The van der Waals surface area contributed by atoms with E-state index in [4.69, 9.17) is 4.74 Å². The monoisotopic (exact) mass is 264 g/mol. The summed E-state index contributed by atoms with van der Waals surface area (Å²) in [6.45, 7) is 4.13. The van der Waals surface area contributed by atoms with E-state index in [1.807, 2.05) is 19.1 Å². The first-order valence-electron chi connectivity index (χ1n) is 6.48.